The number of ether oxygens (including phenoxy) is 1. The Bertz CT molecular complexity index is 898. The van der Waals surface area contributed by atoms with Crippen LogP contribution in [0.1, 0.15) is 24.3 Å². The van der Waals surface area contributed by atoms with Gasteiger partial charge in [-0.25, -0.2) is 4.39 Å². The maximum absolute atomic E-state index is 12.9. The van der Waals surface area contributed by atoms with Gasteiger partial charge in [-0.1, -0.05) is 17.2 Å². The Hall–Kier alpha value is -2.87. The first-order valence-electron chi connectivity index (χ1n) is 8.76. The summed E-state index contributed by atoms with van der Waals surface area (Å²) in [5.41, 5.74) is 0.846. The van der Waals surface area contributed by atoms with Gasteiger partial charge in [0.15, 0.2) is 0 Å². The Labute approximate surface area is 166 Å². The van der Waals surface area contributed by atoms with Crippen molar-refractivity contribution in [2.75, 3.05) is 18.2 Å². The molecule has 1 amide bonds. The Kier molecular flexibility index (Phi) is 7.02. The van der Waals surface area contributed by atoms with E-state index in [-0.39, 0.29) is 17.7 Å². The first-order valence-corrected chi connectivity index (χ1v) is 9.74. The predicted octanol–water partition coefficient (Wildman–Crippen LogP) is 4.32. The fourth-order valence-electron chi connectivity index (χ4n) is 2.43. The first-order chi connectivity index (χ1) is 13.6. The van der Waals surface area contributed by atoms with Crippen LogP contribution >= 0.6 is 11.8 Å². The topological polar surface area (TPSA) is 77.2 Å². The van der Waals surface area contributed by atoms with Crippen LogP contribution in [0.3, 0.4) is 0 Å². The van der Waals surface area contributed by atoms with Gasteiger partial charge in [0, 0.05) is 11.3 Å². The van der Waals surface area contributed by atoms with Crippen molar-refractivity contribution >= 4 is 23.7 Å². The van der Waals surface area contributed by atoms with Gasteiger partial charge < -0.3 is 9.15 Å². The number of hydrogen-bond acceptors (Lipinski definition) is 6. The number of methoxy groups -OCH3 is 1. The van der Waals surface area contributed by atoms with Crippen molar-refractivity contribution in [1.29, 1.82) is 0 Å². The number of rotatable bonds is 9. The number of carbonyl (C=O) groups is 1. The fourth-order valence-corrected chi connectivity index (χ4v) is 3.28. The van der Waals surface area contributed by atoms with E-state index in [9.17, 15) is 9.18 Å². The van der Waals surface area contributed by atoms with Gasteiger partial charge >= 0.3 is 6.01 Å². The standard InChI is InChI=1S/C20H20FN3O3S/c1-26-16-8-10-17(11-9-16)28-12-2-3-18(25)22-20-24-23-19(27-20)13-14-4-6-15(21)7-5-14/h4-11H,2-3,12-13H2,1H3,(H,22,24,25). The van der Waals surface area contributed by atoms with Crippen molar-refractivity contribution in [3.63, 3.8) is 0 Å². The summed E-state index contributed by atoms with van der Waals surface area (Å²) in [5, 5.41) is 10.3. The third-order valence-corrected chi connectivity index (χ3v) is 4.96. The highest BCUT2D eigenvalue weighted by molar-refractivity contribution is 7.99. The molecule has 146 valence electrons. The van der Waals surface area contributed by atoms with E-state index < -0.39 is 0 Å². The van der Waals surface area contributed by atoms with Gasteiger partial charge in [0.25, 0.3) is 0 Å². The van der Waals surface area contributed by atoms with Crippen molar-refractivity contribution in [3.8, 4) is 5.75 Å². The molecule has 6 nitrogen and oxygen atoms in total. The van der Waals surface area contributed by atoms with Crippen molar-refractivity contribution in [2.45, 2.75) is 24.2 Å². The normalized spacial score (nSPS) is 10.6. The van der Waals surface area contributed by atoms with Crippen LogP contribution in [0.25, 0.3) is 0 Å². The van der Waals surface area contributed by atoms with E-state index in [2.05, 4.69) is 15.5 Å². The van der Waals surface area contributed by atoms with E-state index >= 15 is 0 Å². The molecule has 0 atom stereocenters. The van der Waals surface area contributed by atoms with Crippen LogP contribution in [0.5, 0.6) is 5.75 Å². The van der Waals surface area contributed by atoms with E-state index in [4.69, 9.17) is 9.15 Å². The van der Waals surface area contributed by atoms with Gasteiger partial charge in [0.05, 0.1) is 13.5 Å². The summed E-state index contributed by atoms with van der Waals surface area (Å²) < 4.78 is 23.5. The molecule has 8 heteroatoms. The molecule has 0 unspecified atom stereocenters. The highest BCUT2D eigenvalue weighted by Gasteiger charge is 2.10. The van der Waals surface area contributed by atoms with Crippen LogP contribution < -0.4 is 10.1 Å². The number of anilines is 1. The smallest absolute Gasteiger partial charge is 0.322 e. The molecule has 3 rings (SSSR count). The monoisotopic (exact) mass is 401 g/mol. The molecule has 0 aliphatic carbocycles. The molecule has 1 N–H and O–H groups in total. The summed E-state index contributed by atoms with van der Waals surface area (Å²) in [4.78, 5) is 13.1. The molecule has 1 aromatic heterocycles. The summed E-state index contributed by atoms with van der Waals surface area (Å²) in [6, 6.07) is 13.9. The van der Waals surface area contributed by atoms with Crippen LogP contribution in [-0.2, 0) is 11.2 Å². The second-order valence-electron chi connectivity index (χ2n) is 5.98. The van der Waals surface area contributed by atoms with Crippen molar-refractivity contribution in [3.05, 3.63) is 65.8 Å². The first kappa shape index (κ1) is 19.9. The minimum Gasteiger partial charge on any atom is -0.497 e. The number of halogens is 1. The predicted molar refractivity (Wildman–Crippen MR) is 105 cm³/mol. The molecule has 0 aliphatic rings. The van der Waals surface area contributed by atoms with Gasteiger partial charge in [-0.05, 0) is 54.1 Å². The molecule has 0 spiro atoms. The fraction of sp³-hybridized carbons (Fsp3) is 0.250. The lowest BCUT2D eigenvalue weighted by Crippen LogP contribution is -2.11. The van der Waals surface area contributed by atoms with E-state index in [1.165, 1.54) is 12.1 Å². The Morgan fingerprint density at radius 2 is 1.89 bits per heavy atom. The number of thioether (sulfide) groups is 1. The lowest BCUT2D eigenvalue weighted by molar-refractivity contribution is -0.116. The van der Waals surface area contributed by atoms with E-state index in [0.717, 1.165) is 28.4 Å². The molecule has 0 saturated heterocycles. The zero-order chi connectivity index (χ0) is 19.8. The Balaban J connectivity index is 1.38. The maximum Gasteiger partial charge on any atom is 0.322 e. The van der Waals surface area contributed by atoms with Gasteiger partial charge in [-0.15, -0.1) is 16.9 Å². The maximum atomic E-state index is 12.9. The Morgan fingerprint density at radius 1 is 1.14 bits per heavy atom. The van der Waals surface area contributed by atoms with Gasteiger partial charge in [-0.3, -0.25) is 10.1 Å². The van der Waals surface area contributed by atoms with Gasteiger partial charge in [-0.2, -0.15) is 0 Å². The summed E-state index contributed by atoms with van der Waals surface area (Å²) in [7, 11) is 1.63. The molecule has 0 aliphatic heterocycles. The second kappa shape index (κ2) is 9.89. The minimum atomic E-state index is -0.299. The van der Waals surface area contributed by atoms with E-state index in [1.807, 2.05) is 24.3 Å². The summed E-state index contributed by atoms with van der Waals surface area (Å²) >= 11 is 1.68. The quantitative estimate of drug-likeness (QED) is 0.425. The van der Waals surface area contributed by atoms with Gasteiger partial charge in [0.2, 0.25) is 11.8 Å². The molecular formula is C20H20FN3O3S. The van der Waals surface area contributed by atoms with E-state index in [0.29, 0.717) is 18.7 Å². The van der Waals surface area contributed by atoms with Crippen molar-refractivity contribution in [1.82, 2.24) is 10.2 Å². The molecule has 3 aromatic rings. The number of amides is 1. The third-order valence-electron chi connectivity index (χ3n) is 3.86. The minimum absolute atomic E-state index is 0.0740. The van der Waals surface area contributed by atoms with Crippen LogP contribution in [0.15, 0.2) is 57.8 Å². The molecule has 0 bridgehead atoms. The van der Waals surface area contributed by atoms with Crippen LogP contribution in [0.2, 0.25) is 0 Å². The molecule has 28 heavy (non-hydrogen) atoms. The summed E-state index contributed by atoms with van der Waals surface area (Å²) in [6.45, 7) is 0. The third kappa shape index (κ3) is 6.09. The zero-order valence-corrected chi connectivity index (χ0v) is 16.2. The van der Waals surface area contributed by atoms with Crippen molar-refractivity contribution in [2.24, 2.45) is 0 Å². The SMILES string of the molecule is COc1ccc(SCCCC(=O)Nc2nnc(Cc3ccc(F)cc3)o2)cc1. The van der Waals surface area contributed by atoms with E-state index in [1.54, 1.807) is 31.0 Å². The van der Waals surface area contributed by atoms with Crippen LogP contribution in [0, 0.1) is 5.82 Å². The zero-order valence-electron chi connectivity index (χ0n) is 15.4. The molecular weight excluding hydrogens is 381 g/mol. The second-order valence-corrected chi connectivity index (χ2v) is 7.15. The summed E-state index contributed by atoms with van der Waals surface area (Å²) in [5.74, 6) is 1.53. The van der Waals surface area contributed by atoms with Crippen LogP contribution in [0.4, 0.5) is 10.4 Å². The molecule has 0 radical (unpaired) electrons. The summed E-state index contributed by atoms with van der Waals surface area (Å²) in [6.07, 6.45) is 1.46. The molecule has 0 saturated carbocycles. The lowest BCUT2D eigenvalue weighted by Gasteiger charge is -2.03. The average molecular weight is 401 g/mol. The number of nitrogens with zero attached hydrogens (tertiary/aromatic N) is 2. The Morgan fingerprint density at radius 3 is 2.61 bits per heavy atom. The highest BCUT2D eigenvalue weighted by Crippen LogP contribution is 2.22. The molecule has 2 aromatic carbocycles. The van der Waals surface area contributed by atoms with Crippen LogP contribution in [-0.4, -0.2) is 29.0 Å². The number of hydrogen-bond donors (Lipinski definition) is 1. The van der Waals surface area contributed by atoms with Gasteiger partial charge in [0.1, 0.15) is 11.6 Å². The average Bonchev–Trinajstić information content (AvgIpc) is 3.14. The molecule has 0 fully saturated rings. The number of carbonyl (C=O) groups excluding carboxylic acids is 1. The number of nitrogens with one attached hydrogen (secondary N) is 1. The van der Waals surface area contributed by atoms with Crippen molar-refractivity contribution < 1.29 is 18.3 Å². The lowest BCUT2D eigenvalue weighted by atomic mass is 10.1. The number of benzene rings is 2. The number of aromatic nitrogens is 2. The molecule has 1 heterocycles. The highest BCUT2D eigenvalue weighted by atomic mass is 32.2. The largest absolute Gasteiger partial charge is 0.497 e.